The number of carbonyl (C=O) groups excluding carboxylic acids is 1. The average Bonchev–Trinajstić information content (AvgIpc) is 2.38. The Morgan fingerprint density at radius 3 is 2.65 bits per heavy atom. The molecule has 3 nitrogen and oxygen atoms in total. The van der Waals surface area contributed by atoms with Crippen LogP contribution in [0.25, 0.3) is 0 Å². The number of carbonyl (C=O) groups is 1. The Kier molecular flexibility index (Phi) is 4.83. The van der Waals surface area contributed by atoms with Crippen LogP contribution in [0, 0.1) is 17.8 Å². The molecule has 1 aliphatic rings. The molecule has 3 heteroatoms. The van der Waals surface area contributed by atoms with Crippen LogP contribution >= 0.6 is 0 Å². The fraction of sp³-hybridized carbons (Fsp3) is 0.471. The van der Waals surface area contributed by atoms with Crippen molar-refractivity contribution in [1.29, 1.82) is 0 Å². The molecule has 1 aliphatic carbocycles. The monoisotopic (exact) mass is 273 g/mol. The molecule has 0 saturated carbocycles. The molecule has 1 aromatic rings. The zero-order valence-corrected chi connectivity index (χ0v) is 12.4. The van der Waals surface area contributed by atoms with E-state index < -0.39 is 0 Å². The van der Waals surface area contributed by atoms with Gasteiger partial charge in [0.1, 0.15) is 0 Å². The number of ether oxygens (including phenoxy) is 1. The molecular formula is C17H23NO2. The fourth-order valence-corrected chi connectivity index (χ4v) is 2.98. The fourth-order valence-electron chi connectivity index (χ4n) is 2.98. The van der Waals surface area contributed by atoms with E-state index >= 15 is 0 Å². The minimum atomic E-state index is -0.373. The van der Waals surface area contributed by atoms with Gasteiger partial charge in [0, 0.05) is 11.6 Å². The van der Waals surface area contributed by atoms with Crippen LogP contribution in [0.4, 0.5) is 10.5 Å². The summed E-state index contributed by atoms with van der Waals surface area (Å²) >= 11 is 0. The predicted molar refractivity (Wildman–Crippen MR) is 81.6 cm³/mol. The van der Waals surface area contributed by atoms with E-state index in [1.54, 1.807) is 0 Å². The number of hydrogen-bond acceptors (Lipinski definition) is 2. The van der Waals surface area contributed by atoms with Gasteiger partial charge in [-0.15, -0.1) is 0 Å². The van der Waals surface area contributed by atoms with Gasteiger partial charge in [-0.2, -0.15) is 0 Å². The number of rotatable bonds is 3. The van der Waals surface area contributed by atoms with Gasteiger partial charge in [0.2, 0.25) is 0 Å². The summed E-state index contributed by atoms with van der Waals surface area (Å²) < 4.78 is 5.38. The molecule has 0 saturated heterocycles. The van der Waals surface area contributed by atoms with Crippen molar-refractivity contribution in [2.75, 3.05) is 11.9 Å². The van der Waals surface area contributed by atoms with Gasteiger partial charge in [0.15, 0.2) is 0 Å². The van der Waals surface area contributed by atoms with Crippen molar-refractivity contribution in [2.45, 2.75) is 27.2 Å². The van der Waals surface area contributed by atoms with Crippen molar-refractivity contribution in [2.24, 2.45) is 17.8 Å². The minimum absolute atomic E-state index is 0.373. The summed E-state index contributed by atoms with van der Waals surface area (Å²) in [6.07, 6.45) is 3.02. The summed E-state index contributed by atoms with van der Waals surface area (Å²) in [6, 6.07) is 9.37. The molecule has 108 valence electrons. The molecule has 0 fully saturated rings. The summed E-state index contributed by atoms with van der Waals surface area (Å²) in [7, 11) is 0. The second-order valence-electron chi connectivity index (χ2n) is 5.81. The van der Waals surface area contributed by atoms with E-state index in [4.69, 9.17) is 4.74 Å². The standard InChI is InChI=1S/C17H23NO2/c1-12-9-13(2)16(14(3)10-12)11-20-17(19)18-15-7-5-4-6-8-15/h4-9,13-14,16H,10-11H2,1-3H3,(H,18,19)/t13-,14+,16-/m0/s1. The van der Waals surface area contributed by atoms with Crippen LogP contribution in [-0.2, 0) is 4.74 Å². The van der Waals surface area contributed by atoms with E-state index in [2.05, 4.69) is 32.2 Å². The molecule has 20 heavy (non-hydrogen) atoms. The van der Waals surface area contributed by atoms with Crippen molar-refractivity contribution in [3.63, 3.8) is 0 Å². The van der Waals surface area contributed by atoms with Gasteiger partial charge < -0.3 is 4.74 Å². The molecular weight excluding hydrogens is 250 g/mol. The highest BCUT2D eigenvalue weighted by Crippen LogP contribution is 2.33. The van der Waals surface area contributed by atoms with Crippen molar-refractivity contribution in [1.82, 2.24) is 0 Å². The number of anilines is 1. The Balaban J connectivity index is 1.84. The van der Waals surface area contributed by atoms with Crippen molar-refractivity contribution >= 4 is 11.8 Å². The quantitative estimate of drug-likeness (QED) is 0.825. The molecule has 1 aromatic carbocycles. The minimum Gasteiger partial charge on any atom is -0.449 e. The summed E-state index contributed by atoms with van der Waals surface area (Å²) in [4.78, 5) is 11.8. The van der Waals surface area contributed by atoms with E-state index in [0.29, 0.717) is 24.4 Å². The summed E-state index contributed by atoms with van der Waals surface area (Å²) in [5.41, 5.74) is 2.20. The summed E-state index contributed by atoms with van der Waals surface area (Å²) in [6.45, 7) is 7.08. The molecule has 0 aromatic heterocycles. The highest BCUT2D eigenvalue weighted by Gasteiger charge is 2.27. The smallest absolute Gasteiger partial charge is 0.411 e. The molecule has 1 amide bonds. The van der Waals surface area contributed by atoms with Crippen LogP contribution in [0.15, 0.2) is 42.0 Å². The zero-order chi connectivity index (χ0) is 14.5. The van der Waals surface area contributed by atoms with Gasteiger partial charge in [-0.1, -0.05) is 43.7 Å². The molecule has 0 aliphatic heterocycles. The van der Waals surface area contributed by atoms with Crippen LogP contribution < -0.4 is 5.32 Å². The number of hydrogen-bond donors (Lipinski definition) is 1. The van der Waals surface area contributed by atoms with E-state index in [0.717, 1.165) is 12.1 Å². The Hall–Kier alpha value is -1.77. The molecule has 0 bridgehead atoms. The number of para-hydroxylation sites is 1. The molecule has 0 radical (unpaired) electrons. The van der Waals surface area contributed by atoms with E-state index in [9.17, 15) is 4.79 Å². The average molecular weight is 273 g/mol. The van der Waals surface area contributed by atoms with Gasteiger partial charge in [-0.05, 0) is 37.3 Å². The summed E-state index contributed by atoms with van der Waals surface area (Å²) in [5.74, 6) is 1.42. The van der Waals surface area contributed by atoms with Crippen molar-refractivity contribution < 1.29 is 9.53 Å². The maximum Gasteiger partial charge on any atom is 0.411 e. The lowest BCUT2D eigenvalue weighted by atomic mass is 9.75. The van der Waals surface area contributed by atoms with E-state index in [1.807, 2.05) is 30.3 Å². The maximum absolute atomic E-state index is 11.8. The van der Waals surface area contributed by atoms with Gasteiger partial charge in [0.05, 0.1) is 6.61 Å². The number of amides is 1. The van der Waals surface area contributed by atoms with Gasteiger partial charge in [0.25, 0.3) is 0 Å². The third-order valence-corrected chi connectivity index (χ3v) is 4.02. The molecule has 3 atom stereocenters. The lowest BCUT2D eigenvalue weighted by molar-refractivity contribution is 0.106. The first-order chi connectivity index (χ1) is 9.56. The summed E-state index contributed by atoms with van der Waals surface area (Å²) in [5, 5.41) is 2.74. The zero-order valence-electron chi connectivity index (χ0n) is 12.4. The maximum atomic E-state index is 11.8. The van der Waals surface area contributed by atoms with Crippen LogP contribution in [-0.4, -0.2) is 12.7 Å². The highest BCUT2D eigenvalue weighted by atomic mass is 16.5. The largest absolute Gasteiger partial charge is 0.449 e. The third-order valence-electron chi connectivity index (χ3n) is 4.02. The second-order valence-corrected chi connectivity index (χ2v) is 5.81. The van der Waals surface area contributed by atoms with Gasteiger partial charge >= 0.3 is 6.09 Å². The van der Waals surface area contributed by atoms with Gasteiger partial charge in [-0.25, -0.2) is 4.79 Å². The Bertz CT molecular complexity index is 481. The molecule has 0 spiro atoms. The van der Waals surface area contributed by atoms with Crippen LogP contribution in [0.3, 0.4) is 0 Å². The Labute approximate surface area is 121 Å². The Morgan fingerprint density at radius 2 is 2.00 bits per heavy atom. The number of benzene rings is 1. The molecule has 1 N–H and O–H groups in total. The van der Waals surface area contributed by atoms with Crippen LogP contribution in [0.1, 0.15) is 27.2 Å². The lowest BCUT2D eigenvalue weighted by Crippen LogP contribution is -2.29. The Morgan fingerprint density at radius 1 is 1.30 bits per heavy atom. The predicted octanol–water partition coefficient (Wildman–Crippen LogP) is 4.47. The first-order valence-corrected chi connectivity index (χ1v) is 7.22. The lowest BCUT2D eigenvalue weighted by Gasteiger charge is -2.32. The SMILES string of the molecule is CC1=C[C@H](C)[C@H](COC(=O)Nc2ccccc2)[C@H](C)C1. The van der Waals surface area contributed by atoms with Crippen LogP contribution in [0.2, 0.25) is 0 Å². The number of allylic oxidation sites excluding steroid dienone is 2. The van der Waals surface area contributed by atoms with E-state index in [-0.39, 0.29) is 6.09 Å². The van der Waals surface area contributed by atoms with Crippen molar-refractivity contribution in [3.8, 4) is 0 Å². The van der Waals surface area contributed by atoms with E-state index in [1.165, 1.54) is 5.57 Å². The van der Waals surface area contributed by atoms with Crippen molar-refractivity contribution in [3.05, 3.63) is 42.0 Å². The first kappa shape index (κ1) is 14.6. The topological polar surface area (TPSA) is 38.3 Å². The number of nitrogens with one attached hydrogen (secondary N) is 1. The molecule has 2 rings (SSSR count). The normalized spacial score (nSPS) is 25.8. The van der Waals surface area contributed by atoms with Crippen LogP contribution in [0.5, 0.6) is 0 Å². The molecule has 0 unspecified atom stereocenters. The second kappa shape index (κ2) is 6.60. The third kappa shape index (κ3) is 3.86. The molecule has 0 heterocycles. The highest BCUT2D eigenvalue weighted by molar-refractivity contribution is 5.84. The first-order valence-electron chi connectivity index (χ1n) is 7.22. The van der Waals surface area contributed by atoms with Gasteiger partial charge in [-0.3, -0.25) is 5.32 Å².